The lowest BCUT2D eigenvalue weighted by molar-refractivity contribution is 0.412. The Kier molecular flexibility index (Phi) is 2.82. The zero-order valence-electron chi connectivity index (χ0n) is 7.53. The second-order valence-electron chi connectivity index (χ2n) is 2.77. The van der Waals surface area contributed by atoms with Crippen molar-refractivity contribution in [2.75, 3.05) is 5.32 Å². The average molecular weight is 271 g/mol. The van der Waals surface area contributed by atoms with Crippen LogP contribution in [0.4, 0.5) is 5.69 Å². The van der Waals surface area contributed by atoms with Gasteiger partial charge in [0.25, 0.3) is 5.56 Å². The van der Waals surface area contributed by atoms with E-state index < -0.39 is 0 Å². The number of aromatic nitrogens is 3. The summed E-state index contributed by atoms with van der Waals surface area (Å²) in [5.41, 5.74) is 1.09. The molecule has 0 saturated carbocycles. The van der Waals surface area contributed by atoms with Gasteiger partial charge in [-0.1, -0.05) is 5.16 Å². The third-order valence-electron chi connectivity index (χ3n) is 1.75. The Morgan fingerprint density at radius 2 is 2.47 bits per heavy atom. The maximum Gasteiger partial charge on any atom is 0.280 e. The maximum absolute atomic E-state index is 11.2. The predicted octanol–water partition coefficient (Wildman–Crippen LogP) is 1.13. The van der Waals surface area contributed by atoms with Gasteiger partial charge in [0.1, 0.15) is 16.4 Å². The van der Waals surface area contributed by atoms with Gasteiger partial charge < -0.3 is 9.84 Å². The first kappa shape index (κ1) is 9.91. The molecule has 0 spiro atoms. The smallest absolute Gasteiger partial charge is 0.280 e. The van der Waals surface area contributed by atoms with Crippen molar-refractivity contribution in [3.63, 3.8) is 0 Å². The Hall–Kier alpha value is -1.63. The highest BCUT2D eigenvalue weighted by Crippen LogP contribution is 2.15. The molecule has 6 nitrogen and oxygen atoms in total. The zero-order valence-corrected chi connectivity index (χ0v) is 9.11. The Morgan fingerprint density at radius 1 is 1.60 bits per heavy atom. The van der Waals surface area contributed by atoms with Gasteiger partial charge in [0, 0.05) is 6.07 Å². The average Bonchev–Trinajstić information content (AvgIpc) is 2.73. The minimum Gasteiger partial charge on any atom is -0.377 e. The fourth-order valence-electron chi connectivity index (χ4n) is 1.02. The second-order valence-corrected chi connectivity index (χ2v) is 3.56. The quantitative estimate of drug-likeness (QED) is 0.874. The van der Waals surface area contributed by atoms with Crippen molar-refractivity contribution in [2.24, 2.45) is 0 Å². The summed E-state index contributed by atoms with van der Waals surface area (Å²) < 4.78 is 5.09. The summed E-state index contributed by atoms with van der Waals surface area (Å²) in [6.07, 6.45) is 3.01. The minimum absolute atomic E-state index is 0.278. The van der Waals surface area contributed by atoms with Gasteiger partial charge in [0.15, 0.2) is 0 Å². The number of hydrogen-bond donors (Lipinski definition) is 2. The van der Waals surface area contributed by atoms with Crippen molar-refractivity contribution in [3.05, 3.63) is 39.0 Å². The standard InChI is InChI=1S/C8H7BrN4O2/c9-7-6(4-11-12-8(7)14)10-3-5-1-2-15-13-5/h1-2,4H,3H2,(H2,10,12,14). The van der Waals surface area contributed by atoms with Crippen molar-refractivity contribution in [2.45, 2.75) is 6.54 Å². The van der Waals surface area contributed by atoms with Crippen LogP contribution in [0.15, 0.2) is 32.3 Å². The van der Waals surface area contributed by atoms with Crippen LogP contribution in [0.1, 0.15) is 5.69 Å². The van der Waals surface area contributed by atoms with Crippen molar-refractivity contribution in [1.82, 2.24) is 15.4 Å². The number of nitrogens with one attached hydrogen (secondary N) is 2. The van der Waals surface area contributed by atoms with Gasteiger partial charge in [-0.3, -0.25) is 4.79 Å². The zero-order chi connectivity index (χ0) is 10.7. The predicted molar refractivity (Wildman–Crippen MR) is 56.4 cm³/mol. The number of rotatable bonds is 3. The summed E-state index contributed by atoms with van der Waals surface area (Å²) in [5.74, 6) is 0. The molecule has 0 radical (unpaired) electrons. The Morgan fingerprint density at radius 3 is 3.20 bits per heavy atom. The summed E-state index contributed by atoms with van der Waals surface area (Å²) in [6.45, 7) is 0.472. The van der Waals surface area contributed by atoms with Crippen molar-refractivity contribution < 1.29 is 4.52 Å². The van der Waals surface area contributed by atoms with E-state index in [9.17, 15) is 4.79 Å². The van der Waals surface area contributed by atoms with Crippen LogP contribution in [0.3, 0.4) is 0 Å². The Bertz CT molecular complexity index is 494. The van der Waals surface area contributed by atoms with Crippen molar-refractivity contribution >= 4 is 21.6 Å². The molecule has 78 valence electrons. The van der Waals surface area contributed by atoms with E-state index in [0.717, 1.165) is 5.69 Å². The van der Waals surface area contributed by atoms with Crippen molar-refractivity contribution in [1.29, 1.82) is 0 Å². The molecule has 0 saturated heterocycles. The fraction of sp³-hybridized carbons (Fsp3) is 0.125. The van der Waals surface area contributed by atoms with E-state index in [0.29, 0.717) is 16.7 Å². The highest BCUT2D eigenvalue weighted by Gasteiger charge is 2.04. The monoisotopic (exact) mass is 270 g/mol. The summed E-state index contributed by atoms with van der Waals surface area (Å²) in [7, 11) is 0. The Balaban J connectivity index is 2.12. The molecule has 0 aliphatic heterocycles. The first-order valence-corrected chi connectivity index (χ1v) is 4.93. The lowest BCUT2D eigenvalue weighted by atomic mass is 10.4. The van der Waals surface area contributed by atoms with Gasteiger partial charge in [-0.15, -0.1) is 0 Å². The van der Waals surface area contributed by atoms with E-state index in [1.807, 2.05) is 0 Å². The number of anilines is 1. The SMILES string of the molecule is O=c1[nH]ncc(NCc2ccon2)c1Br. The molecule has 0 aliphatic carbocycles. The number of nitrogens with zero attached hydrogens (tertiary/aromatic N) is 2. The first-order chi connectivity index (χ1) is 7.27. The molecule has 2 rings (SSSR count). The number of halogens is 1. The van der Waals surface area contributed by atoms with Gasteiger partial charge in [0.2, 0.25) is 0 Å². The van der Waals surface area contributed by atoms with Gasteiger partial charge >= 0.3 is 0 Å². The van der Waals surface area contributed by atoms with Gasteiger partial charge in [-0.25, -0.2) is 5.10 Å². The van der Waals surface area contributed by atoms with E-state index in [1.165, 1.54) is 12.5 Å². The summed E-state index contributed by atoms with van der Waals surface area (Å²) in [4.78, 5) is 11.2. The molecule has 0 aromatic carbocycles. The third kappa shape index (κ3) is 2.24. The van der Waals surface area contributed by atoms with Crippen LogP contribution in [0.5, 0.6) is 0 Å². The van der Waals surface area contributed by atoms with Crippen LogP contribution in [-0.2, 0) is 6.54 Å². The van der Waals surface area contributed by atoms with Crippen LogP contribution in [0.2, 0.25) is 0 Å². The molecule has 0 unspecified atom stereocenters. The minimum atomic E-state index is -0.278. The summed E-state index contributed by atoms with van der Waals surface area (Å²) >= 11 is 3.15. The normalized spacial score (nSPS) is 10.2. The molecular weight excluding hydrogens is 264 g/mol. The number of hydrogen-bond acceptors (Lipinski definition) is 5. The maximum atomic E-state index is 11.2. The van der Waals surface area contributed by atoms with E-state index in [1.54, 1.807) is 6.07 Å². The molecule has 15 heavy (non-hydrogen) atoms. The summed E-state index contributed by atoms with van der Waals surface area (Å²) in [5, 5.41) is 12.7. The van der Waals surface area contributed by atoms with E-state index >= 15 is 0 Å². The van der Waals surface area contributed by atoms with E-state index in [2.05, 4.69) is 41.1 Å². The molecule has 0 atom stereocenters. The number of H-pyrrole nitrogens is 1. The fourth-order valence-corrected chi connectivity index (χ4v) is 1.35. The second kappa shape index (κ2) is 4.26. The topological polar surface area (TPSA) is 83.8 Å². The molecule has 0 fully saturated rings. The molecule has 2 aromatic rings. The Labute approximate surface area is 92.8 Å². The molecule has 0 bridgehead atoms. The molecule has 2 aromatic heterocycles. The molecular formula is C8H7BrN4O2. The molecule has 2 N–H and O–H groups in total. The lowest BCUT2D eigenvalue weighted by Crippen LogP contribution is -2.12. The van der Waals surface area contributed by atoms with Crippen LogP contribution in [0.25, 0.3) is 0 Å². The van der Waals surface area contributed by atoms with Crippen LogP contribution in [-0.4, -0.2) is 15.4 Å². The van der Waals surface area contributed by atoms with Crippen LogP contribution < -0.4 is 10.9 Å². The van der Waals surface area contributed by atoms with Gasteiger partial charge in [-0.2, -0.15) is 5.10 Å². The van der Waals surface area contributed by atoms with E-state index in [-0.39, 0.29) is 5.56 Å². The van der Waals surface area contributed by atoms with E-state index in [4.69, 9.17) is 0 Å². The molecule has 0 aliphatic rings. The first-order valence-electron chi connectivity index (χ1n) is 4.13. The number of aromatic amines is 1. The molecule has 0 amide bonds. The van der Waals surface area contributed by atoms with Crippen LogP contribution in [0, 0.1) is 0 Å². The summed E-state index contributed by atoms with van der Waals surface area (Å²) in [6, 6.07) is 1.74. The van der Waals surface area contributed by atoms with Gasteiger partial charge in [-0.05, 0) is 15.9 Å². The van der Waals surface area contributed by atoms with Gasteiger partial charge in [0.05, 0.1) is 18.4 Å². The van der Waals surface area contributed by atoms with Crippen molar-refractivity contribution in [3.8, 4) is 0 Å². The molecule has 7 heteroatoms. The van der Waals surface area contributed by atoms with Crippen LogP contribution >= 0.6 is 15.9 Å². The lowest BCUT2D eigenvalue weighted by Gasteiger charge is -2.03. The highest BCUT2D eigenvalue weighted by molar-refractivity contribution is 9.10. The molecule has 2 heterocycles. The third-order valence-corrected chi connectivity index (χ3v) is 2.53. The highest BCUT2D eigenvalue weighted by atomic mass is 79.9. The largest absolute Gasteiger partial charge is 0.377 e.